The number of rotatable bonds is 2. The van der Waals surface area contributed by atoms with Crippen LogP contribution in [-0.4, -0.2) is 37.0 Å². The van der Waals surface area contributed by atoms with E-state index in [2.05, 4.69) is 0 Å². The molecule has 1 aliphatic heterocycles. The molecule has 0 unspecified atom stereocenters. The second-order valence-corrected chi connectivity index (χ2v) is 7.05. The lowest BCUT2D eigenvalue weighted by molar-refractivity contribution is 0.113. The SMILES string of the molecule is O=S(=O)(c1cc(Cl)cc(Cl)c1)N1CCC(O)CC1. The normalized spacial score (nSPS) is 19.1. The summed E-state index contributed by atoms with van der Waals surface area (Å²) in [5, 5.41) is 9.97. The van der Waals surface area contributed by atoms with Crippen molar-refractivity contribution in [2.75, 3.05) is 13.1 Å². The Labute approximate surface area is 116 Å². The van der Waals surface area contributed by atoms with E-state index in [1.54, 1.807) is 0 Å². The first-order valence-electron chi connectivity index (χ1n) is 5.54. The standard InChI is InChI=1S/C11H13Cl2NO3S/c12-8-5-9(13)7-11(6-8)18(16,17)14-3-1-10(15)2-4-14/h5-7,10,15H,1-4H2. The van der Waals surface area contributed by atoms with Gasteiger partial charge in [0.1, 0.15) is 0 Å². The molecule has 18 heavy (non-hydrogen) atoms. The molecule has 0 amide bonds. The first kappa shape index (κ1) is 14.1. The van der Waals surface area contributed by atoms with Crippen LogP contribution in [0.3, 0.4) is 0 Å². The molecule has 100 valence electrons. The Kier molecular flexibility index (Phi) is 4.18. The van der Waals surface area contributed by atoms with E-state index in [1.165, 1.54) is 22.5 Å². The predicted molar refractivity (Wildman–Crippen MR) is 70.5 cm³/mol. The summed E-state index contributed by atoms with van der Waals surface area (Å²) < 4.78 is 26.0. The third kappa shape index (κ3) is 2.97. The van der Waals surface area contributed by atoms with Gasteiger partial charge in [0.15, 0.2) is 0 Å². The number of halogens is 2. The van der Waals surface area contributed by atoms with Crippen molar-refractivity contribution in [3.8, 4) is 0 Å². The topological polar surface area (TPSA) is 57.6 Å². The highest BCUT2D eigenvalue weighted by Crippen LogP contribution is 2.26. The Hall–Kier alpha value is -0.330. The molecule has 4 nitrogen and oxygen atoms in total. The predicted octanol–water partition coefficient (Wildman–Crippen LogP) is 2.14. The first-order valence-corrected chi connectivity index (χ1v) is 7.73. The van der Waals surface area contributed by atoms with Gasteiger partial charge in [0, 0.05) is 23.1 Å². The summed E-state index contributed by atoms with van der Waals surface area (Å²) in [5.41, 5.74) is 0. The van der Waals surface area contributed by atoms with E-state index in [-0.39, 0.29) is 14.9 Å². The summed E-state index contributed by atoms with van der Waals surface area (Å²) in [6, 6.07) is 4.25. The van der Waals surface area contributed by atoms with Gasteiger partial charge >= 0.3 is 0 Å². The fourth-order valence-corrected chi connectivity index (χ4v) is 4.11. The summed E-state index contributed by atoms with van der Waals surface area (Å²) >= 11 is 11.6. The van der Waals surface area contributed by atoms with E-state index in [0.29, 0.717) is 25.9 Å². The van der Waals surface area contributed by atoms with Gasteiger partial charge in [-0.05, 0) is 31.0 Å². The van der Waals surface area contributed by atoms with Crippen molar-refractivity contribution in [2.24, 2.45) is 0 Å². The van der Waals surface area contributed by atoms with Crippen molar-refractivity contribution in [2.45, 2.75) is 23.8 Å². The van der Waals surface area contributed by atoms with Crippen molar-refractivity contribution >= 4 is 33.2 Å². The smallest absolute Gasteiger partial charge is 0.243 e. The summed E-state index contributed by atoms with van der Waals surface area (Å²) in [7, 11) is -3.58. The molecule has 0 bridgehead atoms. The summed E-state index contributed by atoms with van der Waals surface area (Å²) in [5.74, 6) is 0. The van der Waals surface area contributed by atoms with Gasteiger partial charge in [-0.3, -0.25) is 0 Å². The number of hydrogen-bond donors (Lipinski definition) is 1. The molecule has 7 heteroatoms. The lowest BCUT2D eigenvalue weighted by atomic mass is 10.1. The minimum Gasteiger partial charge on any atom is -0.393 e. The van der Waals surface area contributed by atoms with Gasteiger partial charge < -0.3 is 5.11 Å². The lowest BCUT2D eigenvalue weighted by Crippen LogP contribution is -2.39. The number of piperidine rings is 1. The van der Waals surface area contributed by atoms with Crippen LogP contribution in [0.5, 0.6) is 0 Å². The van der Waals surface area contributed by atoms with Gasteiger partial charge in [-0.2, -0.15) is 4.31 Å². The van der Waals surface area contributed by atoms with E-state index in [0.717, 1.165) is 0 Å². The molecule has 0 radical (unpaired) electrons. The van der Waals surface area contributed by atoms with Gasteiger partial charge in [-0.1, -0.05) is 23.2 Å². The molecule has 1 aromatic carbocycles. The first-order chi connectivity index (χ1) is 8.39. The zero-order valence-corrected chi connectivity index (χ0v) is 11.8. The molecule has 1 N–H and O–H groups in total. The Balaban J connectivity index is 2.30. The van der Waals surface area contributed by atoms with Crippen LogP contribution in [0.4, 0.5) is 0 Å². The minimum atomic E-state index is -3.58. The number of nitrogens with zero attached hydrogens (tertiary/aromatic N) is 1. The average molecular weight is 310 g/mol. The number of hydrogen-bond acceptors (Lipinski definition) is 3. The van der Waals surface area contributed by atoms with Crippen LogP contribution in [-0.2, 0) is 10.0 Å². The largest absolute Gasteiger partial charge is 0.393 e. The zero-order valence-electron chi connectivity index (χ0n) is 9.51. The highest BCUT2D eigenvalue weighted by molar-refractivity contribution is 7.89. The van der Waals surface area contributed by atoms with Gasteiger partial charge in [0.25, 0.3) is 0 Å². The van der Waals surface area contributed by atoms with E-state index < -0.39 is 16.1 Å². The van der Waals surface area contributed by atoms with Crippen LogP contribution < -0.4 is 0 Å². The van der Waals surface area contributed by atoms with Gasteiger partial charge in [-0.25, -0.2) is 8.42 Å². The second-order valence-electron chi connectivity index (χ2n) is 4.24. The van der Waals surface area contributed by atoms with E-state index in [1.807, 2.05) is 0 Å². The molecule has 1 aromatic rings. The van der Waals surface area contributed by atoms with Gasteiger partial charge in [-0.15, -0.1) is 0 Å². The van der Waals surface area contributed by atoms with Crippen molar-refractivity contribution < 1.29 is 13.5 Å². The van der Waals surface area contributed by atoms with Crippen molar-refractivity contribution in [3.05, 3.63) is 28.2 Å². The van der Waals surface area contributed by atoms with E-state index in [4.69, 9.17) is 23.2 Å². The third-order valence-electron chi connectivity index (χ3n) is 2.90. The maximum atomic E-state index is 12.3. The summed E-state index contributed by atoms with van der Waals surface area (Å²) in [6.45, 7) is 0.626. The van der Waals surface area contributed by atoms with Crippen molar-refractivity contribution in [3.63, 3.8) is 0 Å². The maximum absolute atomic E-state index is 12.3. The highest BCUT2D eigenvalue weighted by atomic mass is 35.5. The number of sulfonamides is 1. The second kappa shape index (κ2) is 5.35. The molecule has 2 rings (SSSR count). The maximum Gasteiger partial charge on any atom is 0.243 e. The molecule has 0 aromatic heterocycles. The quantitative estimate of drug-likeness (QED) is 0.910. The molecule has 0 saturated carbocycles. The summed E-state index contributed by atoms with van der Waals surface area (Å²) in [4.78, 5) is 0.0939. The molecular formula is C11H13Cl2NO3S. The van der Waals surface area contributed by atoms with E-state index in [9.17, 15) is 13.5 Å². The Morgan fingerprint density at radius 1 is 1.11 bits per heavy atom. The van der Waals surface area contributed by atoms with Crippen LogP contribution in [0.1, 0.15) is 12.8 Å². The van der Waals surface area contributed by atoms with Gasteiger partial charge in [0.2, 0.25) is 10.0 Å². The molecule has 1 aliphatic rings. The molecule has 1 fully saturated rings. The van der Waals surface area contributed by atoms with E-state index >= 15 is 0 Å². The van der Waals surface area contributed by atoms with Crippen LogP contribution in [0.15, 0.2) is 23.1 Å². The highest BCUT2D eigenvalue weighted by Gasteiger charge is 2.29. The zero-order chi connectivity index (χ0) is 13.3. The van der Waals surface area contributed by atoms with Gasteiger partial charge in [0.05, 0.1) is 11.0 Å². The average Bonchev–Trinajstić information content (AvgIpc) is 2.28. The molecular weight excluding hydrogens is 297 g/mol. The Bertz CT molecular complexity index is 519. The molecule has 0 atom stereocenters. The van der Waals surface area contributed by atoms with Crippen molar-refractivity contribution in [1.82, 2.24) is 4.31 Å². The molecule has 1 heterocycles. The van der Waals surface area contributed by atoms with Crippen LogP contribution >= 0.6 is 23.2 Å². The monoisotopic (exact) mass is 309 g/mol. The molecule has 1 saturated heterocycles. The lowest BCUT2D eigenvalue weighted by Gasteiger charge is -2.28. The van der Waals surface area contributed by atoms with Crippen LogP contribution in [0, 0.1) is 0 Å². The van der Waals surface area contributed by atoms with Crippen LogP contribution in [0.2, 0.25) is 10.0 Å². The fourth-order valence-electron chi connectivity index (χ4n) is 1.91. The number of benzene rings is 1. The van der Waals surface area contributed by atoms with Crippen LogP contribution in [0.25, 0.3) is 0 Å². The summed E-state index contributed by atoms with van der Waals surface area (Å²) in [6.07, 6.45) is 0.487. The number of aliphatic hydroxyl groups excluding tert-OH is 1. The van der Waals surface area contributed by atoms with Crippen molar-refractivity contribution in [1.29, 1.82) is 0 Å². The Morgan fingerprint density at radius 3 is 2.11 bits per heavy atom. The molecule has 0 spiro atoms. The number of aliphatic hydroxyl groups is 1. The fraction of sp³-hybridized carbons (Fsp3) is 0.455. The minimum absolute atomic E-state index is 0.0939. The third-order valence-corrected chi connectivity index (χ3v) is 5.21. The molecule has 0 aliphatic carbocycles. The Morgan fingerprint density at radius 2 is 1.61 bits per heavy atom.